The zero-order chi connectivity index (χ0) is 17.2. The van der Waals surface area contributed by atoms with E-state index in [9.17, 15) is 12.8 Å². The molecule has 0 spiro atoms. The Morgan fingerprint density at radius 1 is 1.21 bits per heavy atom. The van der Waals surface area contributed by atoms with Crippen LogP contribution in [0.3, 0.4) is 0 Å². The lowest BCUT2D eigenvalue weighted by atomic mass is 10.1. The molecule has 0 radical (unpaired) electrons. The van der Waals surface area contributed by atoms with Crippen molar-refractivity contribution in [2.45, 2.75) is 11.7 Å². The zero-order valence-corrected chi connectivity index (χ0v) is 13.6. The first kappa shape index (κ1) is 16.2. The summed E-state index contributed by atoms with van der Waals surface area (Å²) in [6, 6.07) is 9.31. The summed E-state index contributed by atoms with van der Waals surface area (Å²) in [4.78, 5) is 4.01. The van der Waals surface area contributed by atoms with Crippen molar-refractivity contribution in [2.24, 2.45) is 0 Å². The standard InChI is InChI=1S/C17H14FNO4S/c1-24(20,21)17-5-12(11-23-17)10-22-16-7-14(6-15(18)8-16)13-3-2-4-19-9-13/h2-9,11H,10H2,1H3. The summed E-state index contributed by atoms with van der Waals surface area (Å²) in [5, 5.41) is -0.128. The summed E-state index contributed by atoms with van der Waals surface area (Å²) in [7, 11) is -3.40. The van der Waals surface area contributed by atoms with Crippen molar-refractivity contribution < 1.29 is 22.0 Å². The van der Waals surface area contributed by atoms with E-state index in [0.29, 0.717) is 16.9 Å². The SMILES string of the molecule is CS(=O)(=O)c1cc(COc2cc(F)cc(-c3cccnc3)c2)co1. The number of pyridine rings is 1. The molecule has 24 heavy (non-hydrogen) atoms. The average Bonchev–Trinajstić information content (AvgIpc) is 3.03. The van der Waals surface area contributed by atoms with Gasteiger partial charge >= 0.3 is 0 Å². The molecule has 0 aliphatic carbocycles. The van der Waals surface area contributed by atoms with E-state index in [2.05, 4.69) is 4.98 Å². The molecule has 3 rings (SSSR count). The number of hydrogen-bond acceptors (Lipinski definition) is 5. The predicted molar refractivity (Wildman–Crippen MR) is 85.8 cm³/mol. The van der Waals surface area contributed by atoms with Crippen molar-refractivity contribution in [1.29, 1.82) is 0 Å². The van der Waals surface area contributed by atoms with E-state index < -0.39 is 15.7 Å². The van der Waals surface area contributed by atoms with Crippen LogP contribution in [0.15, 0.2) is 64.6 Å². The molecule has 5 nitrogen and oxygen atoms in total. The highest BCUT2D eigenvalue weighted by Gasteiger charge is 2.13. The fourth-order valence-corrected chi connectivity index (χ4v) is 2.72. The highest BCUT2D eigenvalue weighted by Crippen LogP contribution is 2.26. The maximum atomic E-state index is 13.8. The lowest BCUT2D eigenvalue weighted by molar-refractivity contribution is 0.303. The Balaban J connectivity index is 1.78. The Labute approximate surface area is 138 Å². The second-order valence-electron chi connectivity index (χ2n) is 5.25. The molecule has 3 aromatic rings. The minimum atomic E-state index is -3.40. The first-order chi connectivity index (χ1) is 11.4. The molecule has 0 aliphatic heterocycles. The lowest BCUT2D eigenvalue weighted by Gasteiger charge is -2.08. The van der Waals surface area contributed by atoms with Crippen LogP contribution in [-0.4, -0.2) is 19.7 Å². The normalized spacial score (nSPS) is 11.4. The Hall–Kier alpha value is -2.67. The Kier molecular flexibility index (Phi) is 4.35. The lowest BCUT2D eigenvalue weighted by Crippen LogP contribution is -1.96. The highest BCUT2D eigenvalue weighted by molar-refractivity contribution is 7.90. The van der Waals surface area contributed by atoms with Crippen LogP contribution in [-0.2, 0) is 16.4 Å². The maximum absolute atomic E-state index is 13.8. The van der Waals surface area contributed by atoms with Gasteiger partial charge in [-0.25, -0.2) is 12.8 Å². The van der Waals surface area contributed by atoms with Gasteiger partial charge in [-0.15, -0.1) is 0 Å². The van der Waals surface area contributed by atoms with E-state index in [1.807, 2.05) is 6.07 Å². The second kappa shape index (κ2) is 6.45. The molecule has 1 aromatic carbocycles. The fourth-order valence-electron chi connectivity index (χ4n) is 2.14. The van der Waals surface area contributed by atoms with E-state index in [1.54, 1.807) is 24.5 Å². The first-order valence-electron chi connectivity index (χ1n) is 7.03. The molecule has 0 N–H and O–H groups in total. The van der Waals surface area contributed by atoms with Crippen LogP contribution >= 0.6 is 0 Å². The molecule has 0 aliphatic rings. The van der Waals surface area contributed by atoms with Crippen molar-refractivity contribution in [3.05, 3.63) is 66.4 Å². The maximum Gasteiger partial charge on any atom is 0.217 e. The minimum Gasteiger partial charge on any atom is -0.489 e. The van der Waals surface area contributed by atoms with E-state index in [1.165, 1.54) is 24.5 Å². The number of halogens is 1. The third-order valence-corrected chi connectivity index (χ3v) is 4.21. The van der Waals surface area contributed by atoms with Gasteiger partial charge in [-0.1, -0.05) is 6.07 Å². The first-order valence-corrected chi connectivity index (χ1v) is 8.92. The largest absolute Gasteiger partial charge is 0.489 e. The molecule has 0 atom stereocenters. The second-order valence-corrected chi connectivity index (χ2v) is 7.20. The number of benzene rings is 1. The monoisotopic (exact) mass is 347 g/mol. The van der Waals surface area contributed by atoms with Crippen LogP contribution in [0.1, 0.15) is 5.56 Å². The summed E-state index contributed by atoms with van der Waals surface area (Å²) in [5.74, 6) is -0.105. The van der Waals surface area contributed by atoms with Crippen molar-refractivity contribution in [1.82, 2.24) is 4.98 Å². The number of aromatic nitrogens is 1. The molecule has 0 bridgehead atoms. The number of ether oxygens (including phenoxy) is 1. The van der Waals surface area contributed by atoms with Gasteiger partial charge in [-0.2, -0.15) is 0 Å². The molecule has 0 fully saturated rings. The van der Waals surface area contributed by atoms with Crippen molar-refractivity contribution in [3.8, 4) is 16.9 Å². The quantitative estimate of drug-likeness (QED) is 0.707. The molecule has 7 heteroatoms. The van der Waals surface area contributed by atoms with Crippen LogP contribution in [0.2, 0.25) is 0 Å². The van der Waals surface area contributed by atoms with Gasteiger partial charge in [0.15, 0.2) is 0 Å². The number of furan rings is 1. The van der Waals surface area contributed by atoms with Gasteiger partial charge in [-0.05, 0) is 23.8 Å². The van der Waals surface area contributed by atoms with Gasteiger partial charge in [0.1, 0.15) is 18.2 Å². The van der Waals surface area contributed by atoms with Crippen molar-refractivity contribution >= 4 is 9.84 Å². The van der Waals surface area contributed by atoms with Gasteiger partial charge in [0.25, 0.3) is 0 Å². The Morgan fingerprint density at radius 3 is 2.71 bits per heavy atom. The Bertz CT molecular complexity index is 952. The summed E-state index contributed by atoms with van der Waals surface area (Å²) in [6.45, 7) is 0.0644. The topological polar surface area (TPSA) is 69.4 Å². The Morgan fingerprint density at radius 2 is 2.04 bits per heavy atom. The average molecular weight is 347 g/mol. The molecule has 124 valence electrons. The number of sulfone groups is 1. The predicted octanol–water partition coefficient (Wildman–Crippen LogP) is 3.46. The van der Waals surface area contributed by atoms with Gasteiger partial charge in [0.2, 0.25) is 14.9 Å². The molecular formula is C17H14FNO4S. The van der Waals surface area contributed by atoms with Gasteiger partial charge in [0, 0.05) is 41.9 Å². The van der Waals surface area contributed by atoms with Gasteiger partial charge < -0.3 is 9.15 Å². The molecule has 0 saturated carbocycles. The van der Waals surface area contributed by atoms with E-state index in [-0.39, 0.29) is 11.7 Å². The van der Waals surface area contributed by atoms with E-state index in [0.717, 1.165) is 11.8 Å². The van der Waals surface area contributed by atoms with Crippen molar-refractivity contribution in [3.63, 3.8) is 0 Å². The van der Waals surface area contributed by atoms with Crippen LogP contribution in [0.4, 0.5) is 4.39 Å². The smallest absolute Gasteiger partial charge is 0.217 e. The van der Waals surface area contributed by atoms with Crippen LogP contribution in [0.5, 0.6) is 5.75 Å². The molecule has 0 saturated heterocycles. The third kappa shape index (κ3) is 3.80. The summed E-state index contributed by atoms with van der Waals surface area (Å²) in [6.07, 6.45) is 5.63. The van der Waals surface area contributed by atoms with E-state index in [4.69, 9.17) is 9.15 Å². The number of hydrogen-bond donors (Lipinski definition) is 0. The van der Waals surface area contributed by atoms with Crippen LogP contribution in [0, 0.1) is 5.82 Å². The minimum absolute atomic E-state index is 0.0644. The highest BCUT2D eigenvalue weighted by atomic mass is 32.2. The van der Waals surface area contributed by atoms with Crippen LogP contribution < -0.4 is 4.74 Å². The molecule has 2 heterocycles. The molecule has 0 amide bonds. The molecule has 0 unspecified atom stereocenters. The fraction of sp³-hybridized carbons (Fsp3) is 0.118. The van der Waals surface area contributed by atoms with Gasteiger partial charge in [-0.3, -0.25) is 4.98 Å². The summed E-state index contributed by atoms with van der Waals surface area (Å²) < 4.78 is 47.1. The third-order valence-electron chi connectivity index (χ3n) is 3.27. The summed E-state index contributed by atoms with van der Waals surface area (Å²) in [5.41, 5.74) is 1.95. The number of rotatable bonds is 5. The van der Waals surface area contributed by atoms with Gasteiger partial charge in [0.05, 0.1) is 6.26 Å². The van der Waals surface area contributed by atoms with E-state index >= 15 is 0 Å². The zero-order valence-electron chi connectivity index (χ0n) is 12.8. The van der Waals surface area contributed by atoms with Crippen molar-refractivity contribution in [2.75, 3.05) is 6.26 Å². The summed E-state index contributed by atoms with van der Waals surface area (Å²) >= 11 is 0. The molecular weight excluding hydrogens is 333 g/mol. The molecule has 2 aromatic heterocycles. The number of nitrogens with zero attached hydrogens (tertiary/aromatic N) is 1. The van der Waals surface area contributed by atoms with Crippen LogP contribution in [0.25, 0.3) is 11.1 Å².